The van der Waals surface area contributed by atoms with Gasteiger partial charge in [0.2, 0.25) is 0 Å². The van der Waals surface area contributed by atoms with Crippen molar-refractivity contribution < 1.29 is 5.11 Å². The first-order valence-electron chi connectivity index (χ1n) is 7.49. The predicted octanol–water partition coefficient (Wildman–Crippen LogP) is 4.89. The van der Waals surface area contributed by atoms with E-state index in [2.05, 4.69) is 6.07 Å². The molecule has 2 atom stereocenters. The van der Waals surface area contributed by atoms with Crippen LogP contribution in [0.5, 0.6) is 0 Å². The topological polar surface area (TPSA) is 20.2 Å². The average molecular weight is 339 g/mol. The molecule has 0 aromatic heterocycles. The molecule has 0 radical (unpaired) electrons. The first-order valence-corrected chi connectivity index (χ1v) is 8.24. The minimum atomic E-state index is -1.02. The lowest BCUT2D eigenvalue weighted by Crippen LogP contribution is -2.68. The van der Waals surface area contributed by atoms with Crippen LogP contribution in [0.3, 0.4) is 0 Å². The van der Waals surface area contributed by atoms with Crippen LogP contribution in [0.4, 0.5) is 0 Å². The summed E-state index contributed by atoms with van der Waals surface area (Å²) in [4.78, 5) is 0. The summed E-state index contributed by atoms with van der Waals surface area (Å²) < 4.78 is 0. The van der Waals surface area contributed by atoms with Crippen LogP contribution < -0.4 is 0 Å². The van der Waals surface area contributed by atoms with E-state index in [0.29, 0.717) is 10.0 Å². The highest BCUT2D eigenvalue weighted by Crippen LogP contribution is 2.72. The molecule has 0 saturated heterocycles. The van der Waals surface area contributed by atoms with E-state index in [4.69, 9.17) is 23.2 Å². The molecule has 0 amide bonds. The highest BCUT2D eigenvalue weighted by atomic mass is 35.5. The molecule has 0 fully saturated rings. The van der Waals surface area contributed by atoms with Crippen LogP contribution in [0.1, 0.15) is 27.8 Å². The molecule has 1 nitrogen and oxygen atoms in total. The largest absolute Gasteiger partial charge is 0.379 e. The molecular weight excluding hydrogens is 327 g/mol. The molecular formula is C20H12Cl2O. The van der Waals surface area contributed by atoms with Crippen molar-refractivity contribution >= 4 is 23.2 Å². The molecule has 0 spiro atoms. The zero-order chi connectivity index (χ0) is 15.8. The summed E-state index contributed by atoms with van der Waals surface area (Å²) in [6.07, 6.45) is 0. The Hall–Kier alpha value is -1.80. The van der Waals surface area contributed by atoms with Crippen molar-refractivity contribution in [3.63, 3.8) is 0 Å². The molecule has 2 aliphatic carbocycles. The third-order valence-corrected chi connectivity index (χ3v) is 5.80. The minimum Gasteiger partial charge on any atom is -0.379 e. The monoisotopic (exact) mass is 338 g/mol. The molecule has 112 valence electrons. The van der Waals surface area contributed by atoms with Gasteiger partial charge < -0.3 is 5.11 Å². The number of benzene rings is 3. The van der Waals surface area contributed by atoms with Gasteiger partial charge in [0.15, 0.2) is 0 Å². The van der Waals surface area contributed by atoms with Gasteiger partial charge >= 0.3 is 0 Å². The quantitative estimate of drug-likeness (QED) is 0.669. The van der Waals surface area contributed by atoms with Crippen molar-refractivity contribution in [2.24, 2.45) is 0 Å². The van der Waals surface area contributed by atoms with E-state index in [1.54, 1.807) is 0 Å². The maximum atomic E-state index is 11.6. The highest BCUT2D eigenvalue weighted by Gasteiger charge is 2.73. The molecule has 1 N–H and O–H groups in total. The van der Waals surface area contributed by atoms with E-state index in [-0.39, 0.29) is 0 Å². The lowest BCUT2D eigenvalue weighted by molar-refractivity contribution is -0.0343. The molecule has 2 aliphatic rings. The van der Waals surface area contributed by atoms with Gasteiger partial charge in [-0.05, 0) is 52.1 Å². The van der Waals surface area contributed by atoms with Gasteiger partial charge in [-0.3, -0.25) is 0 Å². The number of rotatable bonds is 1. The summed E-state index contributed by atoms with van der Waals surface area (Å²) >= 11 is 12.2. The molecule has 3 aromatic carbocycles. The Kier molecular flexibility index (Phi) is 2.48. The Morgan fingerprint density at radius 1 is 0.652 bits per heavy atom. The van der Waals surface area contributed by atoms with Crippen LogP contribution in [-0.4, -0.2) is 5.11 Å². The van der Waals surface area contributed by atoms with Crippen molar-refractivity contribution in [3.8, 4) is 0 Å². The Bertz CT molecular complexity index is 964. The first kappa shape index (κ1) is 13.6. The Labute approximate surface area is 144 Å². The second-order valence-electron chi connectivity index (χ2n) is 6.20. The third-order valence-electron chi connectivity index (χ3n) is 5.32. The Balaban J connectivity index is 1.87. The van der Waals surface area contributed by atoms with Gasteiger partial charge in [0.1, 0.15) is 5.60 Å². The van der Waals surface area contributed by atoms with Crippen LogP contribution in [0, 0.1) is 0 Å². The number of fused-ring (bicyclic) bond motifs is 7. The molecule has 3 aromatic rings. The maximum absolute atomic E-state index is 11.6. The molecule has 0 bridgehead atoms. The average Bonchev–Trinajstić information content (AvgIpc) is 2.57. The number of hydrogen-bond donors (Lipinski definition) is 1. The molecule has 23 heavy (non-hydrogen) atoms. The van der Waals surface area contributed by atoms with Gasteiger partial charge in [0.05, 0.1) is 5.41 Å². The van der Waals surface area contributed by atoms with Crippen LogP contribution in [-0.2, 0) is 11.0 Å². The van der Waals surface area contributed by atoms with Gasteiger partial charge in [-0.25, -0.2) is 0 Å². The molecule has 5 rings (SSSR count). The van der Waals surface area contributed by atoms with E-state index in [9.17, 15) is 5.11 Å². The van der Waals surface area contributed by atoms with Crippen molar-refractivity contribution in [2.45, 2.75) is 11.0 Å². The van der Waals surface area contributed by atoms with Crippen LogP contribution in [0.2, 0.25) is 10.0 Å². The van der Waals surface area contributed by atoms with Crippen LogP contribution in [0.25, 0.3) is 0 Å². The smallest absolute Gasteiger partial charge is 0.133 e. The normalized spacial score (nSPS) is 26.4. The van der Waals surface area contributed by atoms with Gasteiger partial charge in [-0.2, -0.15) is 0 Å². The zero-order valence-electron chi connectivity index (χ0n) is 12.1. The lowest BCUT2D eigenvalue weighted by Gasteiger charge is -2.66. The van der Waals surface area contributed by atoms with Crippen LogP contribution in [0.15, 0.2) is 66.7 Å². The first-order chi connectivity index (χ1) is 11.1. The van der Waals surface area contributed by atoms with Crippen molar-refractivity contribution in [1.82, 2.24) is 0 Å². The second kappa shape index (κ2) is 4.18. The van der Waals surface area contributed by atoms with Gasteiger partial charge in [-0.1, -0.05) is 65.7 Å². The standard InChI is InChI=1S/C20H12Cl2O/c21-13-7-5-12(6-8-13)19-15-3-1-2-4-17(15)20(19,23)18-11-14(22)9-10-16(18)19/h1-11,23H/t19-,20-/m1/s1. The van der Waals surface area contributed by atoms with E-state index < -0.39 is 11.0 Å². The van der Waals surface area contributed by atoms with Crippen molar-refractivity contribution in [3.05, 3.63) is 105 Å². The fourth-order valence-corrected chi connectivity index (χ4v) is 4.75. The van der Waals surface area contributed by atoms with Gasteiger partial charge in [-0.15, -0.1) is 0 Å². The summed E-state index contributed by atoms with van der Waals surface area (Å²) in [5.74, 6) is 0. The van der Waals surface area contributed by atoms with Crippen molar-refractivity contribution in [2.75, 3.05) is 0 Å². The summed E-state index contributed by atoms with van der Waals surface area (Å²) in [6, 6.07) is 21.6. The summed E-state index contributed by atoms with van der Waals surface area (Å²) in [6.45, 7) is 0. The lowest BCUT2D eigenvalue weighted by atomic mass is 9.38. The predicted molar refractivity (Wildman–Crippen MR) is 92.2 cm³/mol. The summed E-state index contributed by atoms with van der Waals surface area (Å²) in [5, 5.41) is 12.9. The maximum Gasteiger partial charge on any atom is 0.133 e. The molecule has 0 heterocycles. The SMILES string of the molecule is O[C@@]12c3ccccc3[C@]1(c1ccc(Cl)cc1)c1ccc(Cl)cc12. The van der Waals surface area contributed by atoms with Crippen LogP contribution >= 0.6 is 23.2 Å². The van der Waals surface area contributed by atoms with Gasteiger partial charge in [0, 0.05) is 10.0 Å². The Morgan fingerprint density at radius 2 is 1.26 bits per heavy atom. The van der Waals surface area contributed by atoms with Gasteiger partial charge in [0.25, 0.3) is 0 Å². The highest BCUT2D eigenvalue weighted by molar-refractivity contribution is 6.31. The fraction of sp³-hybridized carbons (Fsp3) is 0.100. The van der Waals surface area contributed by atoms with E-state index >= 15 is 0 Å². The summed E-state index contributed by atoms with van der Waals surface area (Å²) in [5.41, 5.74) is 3.65. The number of hydrogen-bond acceptors (Lipinski definition) is 1. The molecule has 3 heteroatoms. The molecule has 0 saturated carbocycles. The minimum absolute atomic E-state index is 0.520. The van der Waals surface area contributed by atoms with Crippen molar-refractivity contribution in [1.29, 1.82) is 0 Å². The van der Waals surface area contributed by atoms with E-state index in [1.807, 2.05) is 60.7 Å². The van der Waals surface area contributed by atoms with E-state index in [1.165, 1.54) is 0 Å². The van der Waals surface area contributed by atoms with E-state index in [0.717, 1.165) is 27.8 Å². The second-order valence-corrected chi connectivity index (χ2v) is 7.08. The number of aliphatic hydroxyl groups is 1. The fourth-order valence-electron chi connectivity index (χ4n) is 4.45. The number of halogens is 2. The molecule has 0 aliphatic heterocycles. The zero-order valence-corrected chi connectivity index (χ0v) is 13.6. The summed E-state index contributed by atoms with van der Waals surface area (Å²) in [7, 11) is 0. The third kappa shape index (κ3) is 1.32. The Morgan fingerprint density at radius 3 is 2.00 bits per heavy atom. The molecule has 0 unspecified atom stereocenters.